The summed E-state index contributed by atoms with van der Waals surface area (Å²) in [7, 11) is 0. The van der Waals surface area contributed by atoms with Crippen molar-refractivity contribution in [3.05, 3.63) is 60.1 Å². The molecular formula is C38H46N2O2S2. The zero-order chi connectivity index (χ0) is 30.1. The van der Waals surface area contributed by atoms with Crippen LogP contribution in [-0.4, -0.2) is 9.97 Å². The average Bonchev–Trinajstić information content (AvgIpc) is 3.85. The number of rotatable bonds is 18. The summed E-state index contributed by atoms with van der Waals surface area (Å²) in [6, 6.07) is 17.2. The summed E-state index contributed by atoms with van der Waals surface area (Å²) in [5.74, 6) is 3.88. The van der Waals surface area contributed by atoms with Crippen molar-refractivity contribution in [2.24, 2.45) is 0 Å². The minimum atomic E-state index is 0.874. The minimum absolute atomic E-state index is 0.874. The van der Waals surface area contributed by atoms with Crippen LogP contribution in [0.5, 0.6) is 0 Å². The van der Waals surface area contributed by atoms with Crippen molar-refractivity contribution in [3.63, 3.8) is 0 Å². The van der Waals surface area contributed by atoms with Gasteiger partial charge in [0.2, 0.25) is 0 Å². The molecular weight excluding hydrogens is 581 g/mol. The average molecular weight is 627 g/mol. The SMILES string of the molecule is CCCCCCCCCc1ccc(-c2nc3c(ccc4c3ccc3sc(-c5ccc(CCCCCCCCC)o5)nc34)s2)o1. The highest BCUT2D eigenvalue weighted by Crippen LogP contribution is 2.40. The van der Waals surface area contributed by atoms with Crippen molar-refractivity contribution in [2.75, 3.05) is 0 Å². The van der Waals surface area contributed by atoms with Crippen LogP contribution in [-0.2, 0) is 12.8 Å². The lowest BCUT2D eigenvalue weighted by atomic mass is 10.1. The first-order valence-electron chi connectivity index (χ1n) is 17.0. The predicted molar refractivity (Wildman–Crippen MR) is 189 cm³/mol. The van der Waals surface area contributed by atoms with Crippen LogP contribution in [0.2, 0.25) is 0 Å². The first-order valence-corrected chi connectivity index (χ1v) is 18.7. The Morgan fingerprint density at radius 1 is 0.477 bits per heavy atom. The van der Waals surface area contributed by atoms with E-state index in [1.165, 1.54) is 99.3 Å². The van der Waals surface area contributed by atoms with E-state index >= 15 is 0 Å². The number of nitrogens with zero attached hydrogens (tertiary/aromatic N) is 2. The van der Waals surface area contributed by atoms with Crippen LogP contribution in [0, 0.1) is 0 Å². The van der Waals surface area contributed by atoms with Gasteiger partial charge < -0.3 is 8.83 Å². The maximum atomic E-state index is 6.26. The molecule has 0 atom stereocenters. The smallest absolute Gasteiger partial charge is 0.162 e. The second-order valence-corrected chi connectivity index (χ2v) is 14.3. The van der Waals surface area contributed by atoms with E-state index in [1.807, 2.05) is 0 Å². The summed E-state index contributed by atoms with van der Waals surface area (Å²) in [5.41, 5.74) is 2.05. The molecule has 0 bridgehead atoms. The summed E-state index contributed by atoms with van der Waals surface area (Å²) in [6.45, 7) is 4.54. The maximum absolute atomic E-state index is 6.26. The van der Waals surface area contributed by atoms with Gasteiger partial charge in [-0.3, -0.25) is 0 Å². The highest BCUT2D eigenvalue weighted by Gasteiger charge is 2.17. The van der Waals surface area contributed by atoms with E-state index in [0.29, 0.717) is 0 Å². The highest BCUT2D eigenvalue weighted by atomic mass is 32.1. The van der Waals surface area contributed by atoms with Gasteiger partial charge in [-0.25, -0.2) is 9.97 Å². The van der Waals surface area contributed by atoms with Gasteiger partial charge in [0.1, 0.15) is 11.5 Å². The van der Waals surface area contributed by atoms with Gasteiger partial charge in [-0.15, -0.1) is 22.7 Å². The predicted octanol–water partition coefficient (Wildman–Crippen LogP) is 13.2. The lowest BCUT2D eigenvalue weighted by Crippen LogP contribution is -1.84. The van der Waals surface area contributed by atoms with Crippen molar-refractivity contribution >= 4 is 53.9 Å². The van der Waals surface area contributed by atoms with Crippen LogP contribution >= 0.6 is 22.7 Å². The molecule has 44 heavy (non-hydrogen) atoms. The molecule has 4 heterocycles. The molecule has 0 spiro atoms. The molecule has 0 aliphatic heterocycles. The molecule has 6 heteroatoms. The second kappa shape index (κ2) is 15.4. The fourth-order valence-corrected chi connectivity index (χ4v) is 8.05. The number of aryl methyl sites for hydroxylation is 2. The van der Waals surface area contributed by atoms with E-state index in [1.54, 1.807) is 22.7 Å². The zero-order valence-corrected chi connectivity index (χ0v) is 28.1. The van der Waals surface area contributed by atoms with Crippen LogP contribution in [0.15, 0.2) is 57.4 Å². The largest absolute Gasteiger partial charge is 0.459 e. The van der Waals surface area contributed by atoms with Gasteiger partial charge in [-0.2, -0.15) is 0 Å². The molecule has 0 saturated carbocycles. The standard InChI is InChI=1S/C38H46N2O2S2/c1-3-5-7-9-11-13-15-17-27-19-23-31(41-27)37-39-35-29-22-26-34-36(30(29)21-25-33(35)43-37)40-38(44-34)32-24-20-28(42-32)18-16-14-12-10-8-6-4-2/h19-26H,3-18H2,1-2H3. The zero-order valence-electron chi connectivity index (χ0n) is 26.5. The molecule has 4 aromatic heterocycles. The summed E-state index contributed by atoms with van der Waals surface area (Å²) >= 11 is 3.41. The van der Waals surface area contributed by atoms with Crippen LogP contribution in [0.4, 0.5) is 0 Å². The number of fused-ring (bicyclic) bond motifs is 5. The molecule has 0 aliphatic rings. The molecule has 2 aromatic carbocycles. The maximum Gasteiger partial charge on any atom is 0.162 e. The van der Waals surface area contributed by atoms with Crippen molar-refractivity contribution in [1.29, 1.82) is 0 Å². The van der Waals surface area contributed by atoms with Gasteiger partial charge in [0.25, 0.3) is 0 Å². The number of benzene rings is 2. The van der Waals surface area contributed by atoms with Gasteiger partial charge >= 0.3 is 0 Å². The van der Waals surface area contributed by atoms with Gasteiger partial charge in [-0.05, 0) is 49.2 Å². The quantitative estimate of drug-likeness (QED) is 0.0891. The lowest BCUT2D eigenvalue weighted by molar-refractivity contribution is 0.500. The molecule has 0 unspecified atom stereocenters. The second-order valence-electron chi connectivity index (χ2n) is 12.2. The Kier molecular flexibility index (Phi) is 10.8. The van der Waals surface area contributed by atoms with Gasteiger partial charge in [0.15, 0.2) is 21.5 Å². The molecule has 6 aromatic rings. The number of furan rings is 2. The van der Waals surface area contributed by atoms with E-state index in [4.69, 9.17) is 18.8 Å². The number of aromatic nitrogens is 2. The minimum Gasteiger partial charge on any atom is -0.459 e. The number of unbranched alkanes of at least 4 members (excludes halogenated alkanes) is 12. The van der Waals surface area contributed by atoms with Crippen LogP contribution in [0.1, 0.15) is 115 Å². The summed E-state index contributed by atoms with van der Waals surface area (Å²) in [4.78, 5) is 10.2. The van der Waals surface area contributed by atoms with Crippen molar-refractivity contribution in [3.8, 4) is 21.5 Å². The molecule has 6 rings (SSSR count). The molecule has 0 saturated heterocycles. The number of hydrogen-bond acceptors (Lipinski definition) is 6. The van der Waals surface area contributed by atoms with Gasteiger partial charge in [-0.1, -0.05) is 103 Å². The molecule has 0 radical (unpaired) electrons. The Labute approximate surface area is 269 Å². The Hall–Kier alpha value is -2.96. The molecule has 0 N–H and O–H groups in total. The lowest BCUT2D eigenvalue weighted by Gasteiger charge is -2.00. The summed E-state index contributed by atoms with van der Waals surface area (Å²) in [6.07, 6.45) is 20.4. The number of hydrogen-bond donors (Lipinski definition) is 0. The summed E-state index contributed by atoms with van der Waals surface area (Å²) < 4.78 is 14.9. The number of thiazole rings is 2. The third kappa shape index (κ3) is 7.46. The topological polar surface area (TPSA) is 52.1 Å². The molecule has 0 fully saturated rings. The molecule has 232 valence electrons. The van der Waals surface area contributed by atoms with E-state index in [-0.39, 0.29) is 0 Å². The third-order valence-electron chi connectivity index (χ3n) is 8.71. The van der Waals surface area contributed by atoms with Crippen molar-refractivity contribution in [1.82, 2.24) is 9.97 Å². The Bertz CT molecular complexity index is 1640. The molecule has 0 aliphatic carbocycles. The fourth-order valence-electron chi connectivity index (χ4n) is 6.16. The van der Waals surface area contributed by atoms with Crippen molar-refractivity contribution < 1.29 is 8.83 Å². The van der Waals surface area contributed by atoms with Gasteiger partial charge in [0, 0.05) is 23.6 Å². The van der Waals surface area contributed by atoms with E-state index in [2.05, 4.69) is 62.4 Å². The Morgan fingerprint density at radius 3 is 1.32 bits per heavy atom. The van der Waals surface area contributed by atoms with Gasteiger partial charge in [0.05, 0.1) is 20.4 Å². The monoisotopic (exact) mass is 626 g/mol. The van der Waals surface area contributed by atoms with Crippen LogP contribution in [0.25, 0.3) is 52.7 Å². The fraction of sp³-hybridized carbons (Fsp3) is 0.474. The first-order chi connectivity index (χ1) is 21.7. The highest BCUT2D eigenvalue weighted by molar-refractivity contribution is 7.22. The molecule has 4 nitrogen and oxygen atoms in total. The van der Waals surface area contributed by atoms with Crippen LogP contribution in [0.3, 0.4) is 0 Å². The Balaban J connectivity index is 1.12. The van der Waals surface area contributed by atoms with E-state index < -0.39 is 0 Å². The van der Waals surface area contributed by atoms with E-state index in [9.17, 15) is 0 Å². The normalized spacial score (nSPS) is 12.0. The van der Waals surface area contributed by atoms with Crippen molar-refractivity contribution in [2.45, 2.75) is 117 Å². The first kappa shape index (κ1) is 31.0. The molecule has 0 amide bonds. The van der Waals surface area contributed by atoms with Crippen LogP contribution < -0.4 is 0 Å². The third-order valence-corrected chi connectivity index (χ3v) is 10.8. The Morgan fingerprint density at radius 2 is 0.886 bits per heavy atom. The summed E-state index contributed by atoms with van der Waals surface area (Å²) in [5, 5.41) is 4.18. The van der Waals surface area contributed by atoms with E-state index in [0.717, 1.165) is 67.7 Å².